The largest absolute Gasteiger partial charge is 0.472 e. The van der Waals surface area contributed by atoms with Crippen LogP contribution in [0.15, 0.2) is 24.3 Å². The summed E-state index contributed by atoms with van der Waals surface area (Å²) >= 11 is 0. The molecule has 0 aliphatic carbocycles. The maximum absolute atomic E-state index is 12.9. The molecule has 0 aliphatic rings. The molecule has 18 heteroatoms. The van der Waals surface area contributed by atoms with Gasteiger partial charge in [-0.25, -0.2) is 9.13 Å². The van der Waals surface area contributed by atoms with E-state index in [0.717, 1.165) is 103 Å². The minimum atomic E-state index is -4.91. The number of aliphatic hydroxyl groups excluding tert-OH is 2. The van der Waals surface area contributed by atoms with E-state index in [0.29, 0.717) is 19.3 Å². The van der Waals surface area contributed by atoms with Gasteiger partial charge in [0.15, 0.2) is 6.10 Å². The van der Waals surface area contributed by atoms with Crippen molar-refractivity contribution in [2.24, 2.45) is 0 Å². The van der Waals surface area contributed by atoms with E-state index in [-0.39, 0.29) is 19.3 Å². The molecular weight excluding hydrogens is 1050 g/mol. The van der Waals surface area contributed by atoms with E-state index >= 15 is 0 Å². The average Bonchev–Trinajstić information content (AvgIpc) is 3.42. The van der Waals surface area contributed by atoms with Crippen LogP contribution in [0, 0.1) is 0 Å². The van der Waals surface area contributed by atoms with Crippen LogP contribution < -0.4 is 0 Å². The topological polar surface area (TPSA) is 231 Å². The highest BCUT2D eigenvalue weighted by molar-refractivity contribution is 7.47. The second-order valence-corrected chi connectivity index (χ2v) is 24.5. The van der Waals surface area contributed by atoms with Gasteiger partial charge in [0, 0.05) is 19.3 Å². The van der Waals surface area contributed by atoms with Gasteiger partial charge in [0.05, 0.1) is 26.4 Å². The lowest BCUT2D eigenvalue weighted by molar-refractivity contribution is -0.161. The van der Waals surface area contributed by atoms with Crippen molar-refractivity contribution < 1.29 is 75.8 Å². The molecule has 79 heavy (non-hydrogen) atoms. The molecule has 0 saturated heterocycles. The molecular formula is C61H116O16P2. The summed E-state index contributed by atoms with van der Waals surface area (Å²) in [6, 6.07) is 0. The number of phosphoric ester groups is 2. The highest BCUT2D eigenvalue weighted by atomic mass is 31.2. The highest BCUT2D eigenvalue weighted by Crippen LogP contribution is 2.45. The van der Waals surface area contributed by atoms with Gasteiger partial charge in [-0.15, -0.1) is 0 Å². The number of carbonyl (C=O) groups excluding carboxylic acids is 3. The molecule has 0 aromatic carbocycles. The number of allylic oxidation sites excluding steroid dienone is 4. The van der Waals surface area contributed by atoms with E-state index in [9.17, 15) is 43.5 Å². The van der Waals surface area contributed by atoms with Crippen LogP contribution in [0.2, 0.25) is 0 Å². The zero-order valence-corrected chi connectivity index (χ0v) is 51.9. The van der Waals surface area contributed by atoms with Crippen LogP contribution in [0.25, 0.3) is 0 Å². The maximum Gasteiger partial charge on any atom is 0.472 e. The van der Waals surface area contributed by atoms with Crippen LogP contribution in [-0.4, -0.2) is 95.9 Å². The molecule has 0 aromatic rings. The Morgan fingerprint density at radius 2 is 0.595 bits per heavy atom. The Kier molecular flexibility index (Phi) is 55.1. The van der Waals surface area contributed by atoms with Gasteiger partial charge in [-0.1, -0.05) is 225 Å². The number of esters is 3. The summed E-state index contributed by atoms with van der Waals surface area (Å²) in [6.45, 7) is 2.67. The average molecular weight is 1170 g/mol. The van der Waals surface area contributed by atoms with E-state index in [1.54, 1.807) is 0 Å². The summed E-state index contributed by atoms with van der Waals surface area (Å²) in [5, 5.41) is 20.5. The predicted molar refractivity (Wildman–Crippen MR) is 316 cm³/mol. The SMILES string of the molecule is CCCCCCCC/C=C\CCCCCCCC(=O)OCC(O)COP(=O)(O)OCC(O)COP(=O)(O)OCC(COC(=O)CCCCCCC/C=C\CCCCCCCC)OC(=O)CCCCCCCCCCCCCCC. The minimum absolute atomic E-state index is 0.111. The number of aliphatic hydroxyl groups is 2. The van der Waals surface area contributed by atoms with Crippen LogP contribution in [0.4, 0.5) is 0 Å². The zero-order valence-electron chi connectivity index (χ0n) is 50.1. The number of ether oxygens (including phenoxy) is 3. The van der Waals surface area contributed by atoms with Crippen molar-refractivity contribution in [1.82, 2.24) is 0 Å². The van der Waals surface area contributed by atoms with E-state index in [1.165, 1.54) is 128 Å². The number of rotatable bonds is 61. The van der Waals surface area contributed by atoms with Crippen molar-refractivity contribution >= 4 is 33.6 Å². The summed E-state index contributed by atoms with van der Waals surface area (Å²) in [5.74, 6) is -1.57. The molecule has 0 fully saturated rings. The summed E-state index contributed by atoms with van der Waals surface area (Å²) in [5.41, 5.74) is 0. The Labute approximate surface area is 480 Å². The van der Waals surface area contributed by atoms with Crippen LogP contribution in [-0.2, 0) is 55.8 Å². The lowest BCUT2D eigenvalue weighted by atomic mass is 10.0. The maximum atomic E-state index is 12.9. The third kappa shape index (κ3) is 57.6. The molecule has 16 nitrogen and oxygen atoms in total. The van der Waals surface area contributed by atoms with Crippen LogP contribution >= 0.6 is 15.6 Å². The molecule has 0 rings (SSSR count). The van der Waals surface area contributed by atoms with Crippen molar-refractivity contribution in [3.05, 3.63) is 24.3 Å². The van der Waals surface area contributed by atoms with Crippen molar-refractivity contribution in [1.29, 1.82) is 0 Å². The van der Waals surface area contributed by atoms with Crippen LogP contribution in [0.3, 0.4) is 0 Å². The standard InChI is InChI=1S/C61H116O16P2/c1-4-7-10-13-16-19-22-25-27-30-32-35-38-41-44-47-59(64)71-50-56(62)51-73-78(67,68)74-52-57(63)53-75-79(69,70)76-55-58(77-61(66)49-46-43-40-37-34-29-24-21-18-15-12-9-6-3)54-72-60(65)48-45-42-39-36-33-31-28-26-23-20-17-14-11-8-5-2/h25-28,56-58,62-63H,4-24,29-55H2,1-3H3,(H,67,68)(H,69,70)/b27-25-,28-26-. The van der Waals surface area contributed by atoms with Crippen molar-refractivity contribution in [2.45, 2.75) is 309 Å². The Balaban J connectivity index is 4.67. The summed E-state index contributed by atoms with van der Waals surface area (Å²) < 4.78 is 60.7. The predicted octanol–water partition coefficient (Wildman–Crippen LogP) is 16.5. The van der Waals surface area contributed by atoms with Gasteiger partial charge in [0.25, 0.3) is 0 Å². The second kappa shape index (κ2) is 56.5. The van der Waals surface area contributed by atoms with Crippen LogP contribution in [0.1, 0.15) is 290 Å². The van der Waals surface area contributed by atoms with E-state index in [4.69, 9.17) is 32.3 Å². The Morgan fingerprint density at radius 3 is 0.924 bits per heavy atom. The van der Waals surface area contributed by atoms with E-state index in [1.807, 2.05) is 0 Å². The van der Waals surface area contributed by atoms with Crippen molar-refractivity contribution in [3.8, 4) is 0 Å². The van der Waals surface area contributed by atoms with Gasteiger partial charge >= 0.3 is 33.6 Å². The first-order valence-corrected chi connectivity index (χ1v) is 34.6. The van der Waals surface area contributed by atoms with E-state index < -0.39 is 91.5 Å². The molecule has 5 atom stereocenters. The number of phosphoric acid groups is 2. The van der Waals surface area contributed by atoms with Gasteiger partial charge in [-0.2, -0.15) is 0 Å². The van der Waals surface area contributed by atoms with Gasteiger partial charge < -0.3 is 34.2 Å². The molecule has 0 aliphatic heterocycles. The molecule has 0 radical (unpaired) electrons. The smallest absolute Gasteiger partial charge is 0.463 e. The normalized spacial score (nSPS) is 14.6. The molecule has 466 valence electrons. The van der Waals surface area contributed by atoms with Gasteiger partial charge in [-0.05, 0) is 70.6 Å². The quantitative estimate of drug-likeness (QED) is 0.0146. The highest BCUT2D eigenvalue weighted by Gasteiger charge is 2.29. The fourth-order valence-electron chi connectivity index (χ4n) is 8.74. The Morgan fingerprint density at radius 1 is 0.342 bits per heavy atom. The lowest BCUT2D eigenvalue weighted by Crippen LogP contribution is -2.30. The molecule has 0 saturated carbocycles. The van der Waals surface area contributed by atoms with Gasteiger partial charge in [0.1, 0.15) is 25.4 Å². The molecule has 0 heterocycles. The fraction of sp³-hybridized carbons (Fsp3) is 0.885. The Hall–Kier alpha value is -1.97. The first kappa shape index (κ1) is 77.0. The first-order valence-electron chi connectivity index (χ1n) is 31.6. The molecule has 0 bridgehead atoms. The summed E-state index contributed by atoms with van der Waals surface area (Å²) in [6.07, 6.45) is 49.5. The van der Waals surface area contributed by atoms with Crippen molar-refractivity contribution in [2.75, 3.05) is 39.6 Å². The van der Waals surface area contributed by atoms with Crippen molar-refractivity contribution in [3.63, 3.8) is 0 Å². The van der Waals surface area contributed by atoms with Crippen LogP contribution in [0.5, 0.6) is 0 Å². The first-order chi connectivity index (χ1) is 38.2. The lowest BCUT2D eigenvalue weighted by Gasteiger charge is -2.21. The number of unbranched alkanes of at least 4 members (excludes halogenated alkanes) is 34. The Bertz CT molecular complexity index is 1560. The molecule has 0 aromatic heterocycles. The van der Waals surface area contributed by atoms with E-state index in [2.05, 4.69) is 45.1 Å². The fourth-order valence-corrected chi connectivity index (χ4v) is 10.3. The zero-order chi connectivity index (χ0) is 58.2. The van der Waals surface area contributed by atoms with Gasteiger partial charge in [-0.3, -0.25) is 32.5 Å². The second-order valence-electron chi connectivity index (χ2n) is 21.6. The number of hydrogen-bond donors (Lipinski definition) is 4. The third-order valence-electron chi connectivity index (χ3n) is 13.6. The summed E-state index contributed by atoms with van der Waals surface area (Å²) in [4.78, 5) is 58.1. The molecule has 0 spiro atoms. The van der Waals surface area contributed by atoms with Gasteiger partial charge in [0.2, 0.25) is 0 Å². The number of carbonyl (C=O) groups is 3. The number of hydrogen-bond acceptors (Lipinski definition) is 14. The molecule has 0 amide bonds. The molecule has 5 unspecified atom stereocenters. The summed E-state index contributed by atoms with van der Waals surface area (Å²) in [7, 11) is -9.74. The monoisotopic (exact) mass is 1170 g/mol. The molecule has 4 N–H and O–H groups in total. The third-order valence-corrected chi connectivity index (χ3v) is 15.6. The minimum Gasteiger partial charge on any atom is -0.463 e.